The molecule has 0 fully saturated rings. The van der Waals surface area contributed by atoms with E-state index < -0.39 is 6.36 Å². The van der Waals surface area contributed by atoms with Crippen LogP contribution in [0.15, 0.2) is 30.5 Å². The molecule has 0 aliphatic heterocycles. The maximum absolute atomic E-state index is 12.0. The van der Waals surface area contributed by atoms with Crippen LogP contribution >= 0.6 is 15.9 Å². The van der Waals surface area contributed by atoms with Crippen molar-refractivity contribution in [3.05, 3.63) is 36.0 Å². The standard InChI is InChI=1S/C11H8BrF3N2O/c12-5-8-6-16-17-10(8)7-1-3-9(4-2-7)18-11(13,14)15/h1-4,6H,5H2,(H,16,17). The monoisotopic (exact) mass is 320 g/mol. The van der Waals surface area contributed by atoms with Crippen LogP contribution in [-0.2, 0) is 5.33 Å². The van der Waals surface area contributed by atoms with E-state index in [1.165, 1.54) is 12.1 Å². The minimum atomic E-state index is -4.67. The molecule has 0 spiro atoms. The number of aromatic amines is 1. The fraction of sp³-hybridized carbons (Fsp3) is 0.182. The highest BCUT2D eigenvalue weighted by Gasteiger charge is 2.30. The molecule has 1 aromatic carbocycles. The van der Waals surface area contributed by atoms with Gasteiger partial charge in [-0.3, -0.25) is 5.10 Å². The van der Waals surface area contributed by atoms with E-state index in [1.54, 1.807) is 18.3 Å². The number of hydrogen-bond donors (Lipinski definition) is 1. The van der Waals surface area contributed by atoms with Crippen LogP contribution < -0.4 is 4.74 Å². The first-order valence-electron chi connectivity index (χ1n) is 4.94. The number of alkyl halides is 4. The summed E-state index contributed by atoms with van der Waals surface area (Å²) < 4.78 is 39.8. The summed E-state index contributed by atoms with van der Waals surface area (Å²) in [5, 5.41) is 7.29. The minimum Gasteiger partial charge on any atom is -0.406 e. The fourth-order valence-electron chi connectivity index (χ4n) is 1.49. The zero-order valence-electron chi connectivity index (χ0n) is 8.96. The Morgan fingerprint density at radius 3 is 2.44 bits per heavy atom. The Morgan fingerprint density at radius 1 is 1.22 bits per heavy atom. The number of H-pyrrole nitrogens is 1. The topological polar surface area (TPSA) is 37.9 Å². The molecule has 0 saturated heterocycles. The van der Waals surface area contributed by atoms with Crippen molar-refractivity contribution in [3.8, 4) is 17.0 Å². The van der Waals surface area contributed by atoms with Crippen molar-refractivity contribution in [2.75, 3.05) is 0 Å². The maximum Gasteiger partial charge on any atom is 0.573 e. The van der Waals surface area contributed by atoms with Gasteiger partial charge in [0.25, 0.3) is 0 Å². The zero-order chi connectivity index (χ0) is 13.2. The van der Waals surface area contributed by atoms with E-state index in [4.69, 9.17) is 0 Å². The second-order valence-corrected chi connectivity index (χ2v) is 4.04. The Kier molecular flexibility index (Phi) is 3.60. The second-order valence-electron chi connectivity index (χ2n) is 3.48. The van der Waals surface area contributed by atoms with Crippen molar-refractivity contribution in [1.82, 2.24) is 10.2 Å². The minimum absolute atomic E-state index is 0.244. The van der Waals surface area contributed by atoms with Gasteiger partial charge in [-0.1, -0.05) is 15.9 Å². The third-order valence-electron chi connectivity index (χ3n) is 2.24. The Balaban J connectivity index is 2.23. The summed E-state index contributed by atoms with van der Waals surface area (Å²) in [6.45, 7) is 0. The molecule has 96 valence electrons. The van der Waals surface area contributed by atoms with Crippen molar-refractivity contribution in [2.45, 2.75) is 11.7 Å². The molecule has 1 N–H and O–H groups in total. The Bertz CT molecular complexity index is 522. The van der Waals surface area contributed by atoms with Gasteiger partial charge in [-0.15, -0.1) is 13.2 Å². The van der Waals surface area contributed by atoms with Crippen LogP contribution in [0.2, 0.25) is 0 Å². The summed E-state index contributed by atoms with van der Waals surface area (Å²) in [4.78, 5) is 0. The first-order chi connectivity index (χ1) is 8.49. The van der Waals surface area contributed by atoms with E-state index in [0.29, 0.717) is 5.33 Å². The molecule has 7 heteroatoms. The Labute approximate surface area is 109 Å². The van der Waals surface area contributed by atoms with Crippen LogP contribution in [-0.4, -0.2) is 16.6 Å². The van der Waals surface area contributed by atoms with E-state index in [2.05, 4.69) is 30.9 Å². The lowest BCUT2D eigenvalue weighted by atomic mass is 10.1. The highest BCUT2D eigenvalue weighted by Crippen LogP contribution is 2.27. The molecule has 0 aliphatic rings. The smallest absolute Gasteiger partial charge is 0.406 e. The number of nitrogens with one attached hydrogen (secondary N) is 1. The lowest BCUT2D eigenvalue weighted by Crippen LogP contribution is -2.16. The molecule has 0 amide bonds. The molecule has 0 atom stereocenters. The summed E-state index contributed by atoms with van der Waals surface area (Å²) in [6.07, 6.45) is -3.01. The van der Waals surface area contributed by atoms with Crippen molar-refractivity contribution in [3.63, 3.8) is 0 Å². The van der Waals surface area contributed by atoms with Crippen molar-refractivity contribution >= 4 is 15.9 Å². The van der Waals surface area contributed by atoms with Gasteiger partial charge in [0, 0.05) is 16.5 Å². The summed E-state index contributed by atoms with van der Waals surface area (Å²) in [5.74, 6) is -0.244. The highest BCUT2D eigenvalue weighted by atomic mass is 79.9. The Morgan fingerprint density at radius 2 is 1.89 bits per heavy atom. The maximum atomic E-state index is 12.0. The van der Waals surface area contributed by atoms with Crippen molar-refractivity contribution in [2.24, 2.45) is 0 Å². The molecule has 0 unspecified atom stereocenters. The fourth-order valence-corrected chi connectivity index (χ4v) is 1.91. The van der Waals surface area contributed by atoms with Gasteiger partial charge < -0.3 is 4.74 Å². The van der Waals surface area contributed by atoms with Gasteiger partial charge >= 0.3 is 6.36 Å². The summed E-state index contributed by atoms with van der Waals surface area (Å²) in [6, 6.07) is 5.62. The third kappa shape index (κ3) is 3.04. The molecule has 1 aromatic heterocycles. The molecule has 0 radical (unpaired) electrons. The molecule has 1 heterocycles. The zero-order valence-corrected chi connectivity index (χ0v) is 10.5. The molecule has 18 heavy (non-hydrogen) atoms. The number of halogens is 4. The number of benzene rings is 1. The average Bonchev–Trinajstić information content (AvgIpc) is 2.76. The van der Waals surface area contributed by atoms with Crippen molar-refractivity contribution in [1.29, 1.82) is 0 Å². The average molecular weight is 321 g/mol. The van der Waals surface area contributed by atoms with Gasteiger partial charge in [0.2, 0.25) is 0 Å². The van der Waals surface area contributed by atoms with Gasteiger partial charge in [0.1, 0.15) is 5.75 Å². The van der Waals surface area contributed by atoms with Crippen LogP contribution in [0.5, 0.6) is 5.75 Å². The summed E-state index contributed by atoms with van der Waals surface area (Å²) >= 11 is 3.31. The number of aromatic nitrogens is 2. The first kappa shape index (κ1) is 12.9. The Hall–Kier alpha value is -1.50. The van der Waals surface area contributed by atoms with Crippen LogP contribution in [0.4, 0.5) is 13.2 Å². The van der Waals surface area contributed by atoms with Gasteiger partial charge in [-0.05, 0) is 24.3 Å². The summed E-state index contributed by atoms with van der Waals surface area (Å²) in [7, 11) is 0. The first-order valence-corrected chi connectivity index (χ1v) is 6.06. The van der Waals surface area contributed by atoms with Crippen molar-refractivity contribution < 1.29 is 17.9 Å². The SMILES string of the molecule is FC(F)(F)Oc1ccc(-c2[nH]ncc2CBr)cc1. The molecular formula is C11H8BrF3N2O. The van der Waals surface area contributed by atoms with E-state index in [0.717, 1.165) is 16.8 Å². The van der Waals surface area contributed by atoms with E-state index in [1.807, 2.05) is 0 Å². The van der Waals surface area contributed by atoms with Gasteiger partial charge in [0.05, 0.1) is 11.9 Å². The number of rotatable bonds is 3. The lowest BCUT2D eigenvalue weighted by Gasteiger charge is -2.09. The van der Waals surface area contributed by atoms with Crippen LogP contribution in [0, 0.1) is 0 Å². The van der Waals surface area contributed by atoms with E-state index in [9.17, 15) is 13.2 Å². The number of hydrogen-bond acceptors (Lipinski definition) is 2. The number of ether oxygens (including phenoxy) is 1. The molecule has 2 rings (SSSR count). The predicted molar refractivity (Wildman–Crippen MR) is 63.3 cm³/mol. The second kappa shape index (κ2) is 5.01. The molecule has 0 aliphatic carbocycles. The lowest BCUT2D eigenvalue weighted by molar-refractivity contribution is -0.274. The number of nitrogens with zero attached hydrogens (tertiary/aromatic N) is 1. The molecule has 0 bridgehead atoms. The molecule has 0 saturated carbocycles. The van der Waals surface area contributed by atoms with E-state index >= 15 is 0 Å². The molecular weight excluding hydrogens is 313 g/mol. The quantitative estimate of drug-likeness (QED) is 0.872. The highest BCUT2D eigenvalue weighted by molar-refractivity contribution is 9.08. The normalized spacial score (nSPS) is 11.6. The largest absolute Gasteiger partial charge is 0.573 e. The van der Waals surface area contributed by atoms with Crippen LogP contribution in [0.25, 0.3) is 11.3 Å². The predicted octanol–water partition coefficient (Wildman–Crippen LogP) is 3.87. The molecule has 3 nitrogen and oxygen atoms in total. The van der Waals surface area contributed by atoms with Gasteiger partial charge in [-0.2, -0.15) is 5.10 Å². The molecule has 2 aromatic rings. The third-order valence-corrected chi connectivity index (χ3v) is 2.84. The summed E-state index contributed by atoms with van der Waals surface area (Å²) in [5.41, 5.74) is 2.45. The van der Waals surface area contributed by atoms with Crippen LogP contribution in [0.1, 0.15) is 5.56 Å². The van der Waals surface area contributed by atoms with Crippen LogP contribution in [0.3, 0.4) is 0 Å². The van der Waals surface area contributed by atoms with E-state index in [-0.39, 0.29) is 5.75 Å². The van der Waals surface area contributed by atoms with Gasteiger partial charge in [0.15, 0.2) is 0 Å². The van der Waals surface area contributed by atoms with Gasteiger partial charge in [-0.25, -0.2) is 0 Å².